The van der Waals surface area contributed by atoms with Crippen molar-refractivity contribution in [1.82, 2.24) is 14.3 Å². The number of halogens is 4. The lowest BCUT2D eigenvalue weighted by atomic mass is 10.0. The minimum absolute atomic E-state index is 0.387. The summed E-state index contributed by atoms with van der Waals surface area (Å²) >= 11 is 20.8. The van der Waals surface area contributed by atoms with Crippen molar-refractivity contribution in [2.24, 2.45) is 0 Å². The molecule has 0 saturated carbocycles. The van der Waals surface area contributed by atoms with E-state index in [0.29, 0.717) is 33.9 Å². The molecule has 2 heterocycles. The molecule has 1 amide bonds. The summed E-state index contributed by atoms with van der Waals surface area (Å²) in [6.07, 6.45) is 1.65. The highest BCUT2D eigenvalue weighted by Crippen LogP contribution is 2.40. The third kappa shape index (κ3) is 6.22. The predicted molar refractivity (Wildman–Crippen MR) is 157 cm³/mol. The SMILES string of the molecule is CC(C)(C)OC(=O)NCCc1cc(Nc2cc(Cl)c(Cl)cn2)cc2c3cc(Cl)ccc3n(SI)c12. The van der Waals surface area contributed by atoms with Gasteiger partial charge in [-0.3, -0.25) is 3.97 Å². The van der Waals surface area contributed by atoms with E-state index in [1.165, 1.54) is 6.20 Å². The standard InChI is InChI=1S/C24H22Cl3IN4O2S/c1-24(2,3)34-23(33)29-7-6-13-8-15(31-21-11-18(26)19(27)12-30-21)10-17-16-9-14(25)4-5-20(16)32(35-28)22(13)17/h4-5,8-12H,6-7H2,1-3H3,(H,29,33)(H,30,31). The van der Waals surface area contributed by atoms with Crippen LogP contribution in [0.4, 0.5) is 16.3 Å². The van der Waals surface area contributed by atoms with Gasteiger partial charge in [0.2, 0.25) is 0 Å². The normalized spacial score (nSPS) is 11.7. The molecule has 0 aliphatic rings. The number of fused-ring (bicyclic) bond motifs is 3. The van der Waals surface area contributed by atoms with Gasteiger partial charge in [0.25, 0.3) is 0 Å². The molecule has 184 valence electrons. The fraction of sp³-hybridized carbons (Fsp3) is 0.250. The first-order valence-corrected chi connectivity index (χ1v) is 15.1. The van der Waals surface area contributed by atoms with Gasteiger partial charge in [-0.2, -0.15) is 0 Å². The fourth-order valence-corrected chi connectivity index (χ4v) is 5.91. The van der Waals surface area contributed by atoms with E-state index in [4.69, 9.17) is 39.5 Å². The molecule has 2 aromatic heterocycles. The maximum absolute atomic E-state index is 12.2. The summed E-state index contributed by atoms with van der Waals surface area (Å²) in [5.74, 6) is 0.571. The minimum atomic E-state index is -0.558. The van der Waals surface area contributed by atoms with Gasteiger partial charge in [0.1, 0.15) is 11.4 Å². The third-order valence-corrected chi connectivity index (χ3v) is 7.72. The van der Waals surface area contributed by atoms with E-state index in [2.05, 4.69) is 46.9 Å². The number of carbonyl (C=O) groups is 1. The molecule has 4 rings (SSSR count). The molecule has 2 aromatic carbocycles. The second-order valence-corrected chi connectivity index (χ2v) is 11.8. The first kappa shape index (κ1) is 26.5. The van der Waals surface area contributed by atoms with Gasteiger partial charge < -0.3 is 15.4 Å². The summed E-state index contributed by atoms with van der Waals surface area (Å²) in [6.45, 7) is 5.92. The Balaban J connectivity index is 1.76. The van der Waals surface area contributed by atoms with Crippen LogP contribution in [0.5, 0.6) is 0 Å². The zero-order valence-electron chi connectivity index (χ0n) is 19.1. The van der Waals surface area contributed by atoms with Crippen molar-refractivity contribution in [3.63, 3.8) is 0 Å². The Morgan fingerprint density at radius 1 is 1.11 bits per heavy atom. The summed E-state index contributed by atoms with van der Waals surface area (Å²) in [6, 6.07) is 11.7. The Morgan fingerprint density at radius 2 is 1.89 bits per heavy atom. The second kappa shape index (κ2) is 10.8. The molecule has 0 unspecified atom stereocenters. The number of hydrogen-bond acceptors (Lipinski definition) is 5. The number of nitrogens with zero attached hydrogens (tertiary/aromatic N) is 2. The van der Waals surface area contributed by atoms with Gasteiger partial charge in [0.15, 0.2) is 0 Å². The van der Waals surface area contributed by atoms with Gasteiger partial charge in [0.05, 0.1) is 21.1 Å². The van der Waals surface area contributed by atoms with E-state index in [1.807, 2.05) is 45.0 Å². The molecule has 11 heteroatoms. The van der Waals surface area contributed by atoms with Crippen LogP contribution in [0.15, 0.2) is 42.6 Å². The molecule has 4 aromatic rings. The zero-order valence-corrected chi connectivity index (χ0v) is 24.3. The Morgan fingerprint density at radius 3 is 2.57 bits per heavy atom. The van der Waals surface area contributed by atoms with E-state index >= 15 is 0 Å². The van der Waals surface area contributed by atoms with Crippen LogP contribution in [0.25, 0.3) is 21.8 Å². The van der Waals surface area contributed by atoms with Crippen molar-refractivity contribution in [3.8, 4) is 0 Å². The van der Waals surface area contributed by atoms with Crippen LogP contribution in [0.3, 0.4) is 0 Å². The lowest BCUT2D eigenvalue weighted by Gasteiger charge is -2.19. The van der Waals surface area contributed by atoms with Crippen LogP contribution in [-0.4, -0.2) is 27.2 Å². The molecule has 6 nitrogen and oxygen atoms in total. The summed E-state index contributed by atoms with van der Waals surface area (Å²) < 4.78 is 7.55. The molecule has 0 aliphatic heterocycles. The second-order valence-electron chi connectivity index (χ2n) is 8.84. The number of aromatic nitrogens is 2. The van der Waals surface area contributed by atoms with Gasteiger partial charge in [-0.1, -0.05) is 34.8 Å². The summed E-state index contributed by atoms with van der Waals surface area (Å²) in [5, 5.41) is 9.70. The molecule has 0 saturated heterocycles. The maximum atomic E-state index is 12.2. The quantitative estimate of drug-likeness (QED) is 0.202. The monoisotopic (exact) mass is 662 g/mol. The van der Waals surface area contributed by atoms with Crippen LogP contribution >= 0.6 is 65.1 Å². The van der Waals surface area contributed by atoms with E-state index in [9.17, 15) is 4.79 Å². The highest BCUT2D eigenvalue weighted by Gasteiger charge is 2.18. The van der Waals surface area contributed by atoms with Crippen LogP contribution in [0.1, 0.15) is 26.3 Å². The van der Waals surface area contributed by atoms with Crippen LogP contribution < -0.4 is 10.6 Å². The molecular weight excluding hydrogens is 642 g/mol. The van der Waals surface area contributed by atoms with E-state index in [-0.39, 0.29) is 0 Å². The highest BCUT2D eigenvalue weighted by atomic mass is 127. The van der Waals surface area contributed by atoms with Crippen molar-refractivity contribution in [2.45, 2.75) is 32.8 Å². The first-order valence-electron chi connectivity index (χ1n) is 10.7. The van der Waals surface area contributed by atoms with E-state index in [0.717, 1.165) is 33.1 Å². The van der Waals surface area contributed by atoms with Gasteiger partial charge >= 0.3 is 6.09 Å². The average Bonchev–Trinajstić information content (AvgIpc) is 3.08. The van der Waals surface area contributed by atoms with Crippen LogP contribution in [-0.2, 0) is 11.2 Å². The van der Waals surface area contributed by atoms with Crippen molar-refractivity contribution in [2.75, 3.05) is 11.9 Å². The van der Waals surface area contributed by atoms with Crippen molar-refractivity contribution in [1.29, 1.82) is 0 Å². The molecule has 0 bridgehead atoms. The van der Waals surface area contributed by atoms with Crippen molar-refractivity contribution >= 4 is 105 Å². The number of rotatable bonds is 6. The van der Waals surface area contributed by atoms with E-state index in [1.54, 1.807) is 15.2 Å². The summed E-state index contributed by atoms with van der Waals surface area (Å²) in [5.41, 5.74) is 3.42. The predicted octanol–water partition coefficient (Wildman–Crippen LogP) is 8.81. The Kier molecular flexibility index (Phi) is 8.17. The lowest BCUT2D eigenvalue weighted by molar-refractivity contribution is 0.0528. The van der Waals surface area contributed by atoms with Crippen molar-refractivity contribution < 1.29 is 9.53 Å². The van der Waals surface area contributed by atoms with Gasteiger partial charge in [-0.25, -0.2) is 9.78 Å². The van der Waals surface area contributed by atoms with Crippen LogP contribution in [0.2, 0.25) is 15.1 Å². The van der Waals surface area contributed by atoms with Crippen molar-refractivity contribution in [3.05, 3.63) is 63.2 Å². The molecule has 0 fully saturated rings. The summed E-state index contributed by atoms with van der Waals surface area (Å²) in [7, 11) is 1.58. The number of benzene rings is 2. The number of carbonyl (C=O) groups excluding carboxylic acids is 1. The van der Waals surface area contributed by atoms with E-state index < -0.39 is 11.7 Å². The number of ether oxygens (including phenoxy) is 1. The molecule has 0 radical (unpaired) electrons. The topological polar surface area (TPSA) is 68.2 Å². The average molecular weight is 664 g/mol. The smallest absolute Gasteiger partial charge is 0.407 e. The third-order valence-electron chi connectivity index (χ3n) is 5.07. The van der Waals surface area contributed by atoms with Crippen LogP contribution in [0, 0.1) is 0 Å². The lowest BCUT2D eigenvalue weighted by Crippen LogP contribution is -2.33. The Bertz CT molecular complexity index is 1420. The molecule has 0 spiro atoms. The zero-order chi connectivity index (χ0) is 25.3. The van der Waals surface area contributed by atoms with Gasteiger partial charge in [0, 0.05) is 70.6 Å². The molecule has 35 heavy (non-hydrogen) atoms. The number of pyridine rings is 1. The first-order chi connectivity index (χ1) is 16.6. The maximum Gasteiger partial charge on any atom is 0.407 e. The highest BCUT2D eigenvalue weighted by molar-refractivity contribution is 14.2. The number of amides is 1. The Labute approximate surface area is 234 Å². The fourth-order valence-electron chi connectivity index (χ4n) is 3.74. The molecule has 0 aliphatic carbocycles. The minimum Gasteiger partial charge on any atom is -0.444 e. The number of hydrogen-bond donors (Lipinski definition) is 2. The Hall–Kier alpha value is -1.59. The molecular formula is C24H22Cl3IN4O2S. The largest absolute Gasteiger partial charge is 0.444 e. The molecule has 0 atom stereocenters. The summed E-state index contributed by atoms with van der Waals surface area (Å²) in [4.78, 5) is 16.5. The van der Waals surface area contributed by atoms with Gasteiger partial charge in [-0.15, -0.1) is 0 Å². The number of alkyl carbamates (subject to hydrolysis) is 1. The number of nitrogens with one attached hydrogen (secondary N) is 2. The molecule has 2 N–H and O–H groups in total. The van der Waals surface area contributed by atoms with Gasteiger partial charge in [-0.05, 0) is 63.1 Å². The number of anilines is 2.